The van der Waals surface area contributed by atoms with Crippen LogP contribution in [-0.2, 0) is 45.5 Å². The number of H-pyrrole nitrogens is 1. The van der Waals surface area contributed by atoms with Crippen LogP contribution in [0.1, 0.15) is 26.2 Å². The molecule has 0 aliphatic rings. The smallest absolute Gasteiger partial charge is 0.408 e. The number of fused-ring (bicyclic) bond motifs is 13. The molecule has 3 N–H and O–H groups in total. The van der Waals surface area contributed by atoms with Gasteiger partial charge in [-0.1, -0.05) is 61.5 Å². The number of nitrogens with one attached hydrogen (secondary N) is 1. The predicted octanol–water partition coefficient (Wildman–Crippen LogP) is 10.7. The zero-order chi connectivity index (χ0) is 50.4. The van der Waals surface area contributed by atoms with Crippen LogP contribution in [-0.4, -0.2) is 84.2 Å². The molecule has 0 bridgehead atoms. The number of ether oxygens (including phenoxy) is 2. The van der Waals surface area contributed by atoms with Crippen LogP contribution in [0.5, 0.6) is 0 Å². The first kappa shape index (κ1) is 49.9. The van der Waals surface area contributed by atoms with Gasteiger partial charge in [0.1, 0.15) is 0 Å². The van der Waals surface area contributed by atoms with E-state index < -0.39 is 15.6 Å². The highest BCUT2D eigenvalue weighted by Crippen LogP contribution is 2.36. The van der Waals surface area contributed by atoms with Crippen LogP contribution in [0.2, 0.25) is 0 Å². The van der Waals surface area contributed by atoms with E-state index in [2.05, 4.69) is 49.9 Å². The molecule has 0 aliphatic heterocycles. The molecule has 374 valence electrons. The Balaban J connectivity index is 0.000000138. The van der Waals surface area contributed by atoms with Crippen LogP contribution in [0, 0.1) is 0 Å². The second-order valence-electron chi connectivity index (χ2n) is 17.6. The molecule has 72 heavy (non-hydrogen) atoms. The highest BCUT2D eigenvalue weighted by atomic mass is 32.2. The van der Waals surface area contributed by atoms with Gasteiger partial charge in [0.05, 0.1) is 55.7 Å². The Hall–Kier alpha value is -7.11. The molecule has 0 unspecified atom stereocenters. The van der Waals surface area contributed by atoms with Crippen molar-refractivity contribution in [3.63, 3.8) is 0 Å². The fourth-order valence-corrected chi connectivity index (χ4v) is 10.5. The number of pyridine rings is 1. The normalized spacial score (nSPS) is 12.0. The summed E-state index contributed by atoms with van der Waals surface area (Å²) in [7, 11) is -3.18. The summed E-state index contributed by atoms with van der Waals surface area (Å²) in [6, 6.07) is 39.1. The van der Waals surface area contributed by atoms with Gasteiger partial charge in [0.2, 0.25) is 0 Å². The molecule has 0 atom stereocenters. The Morgan fingerprint density at radius 2 is 1.14 bits per heavy atom. The van der Waals surface area contributed by atoms with Crippen molar-refractivity contribution in [1.29, 1.82) is 0 Å². The first-order valence-electron chi connectivity index (χ1n) is 24.3. The number of sulfone groups is 1. The maximum atomic E-state index is 13.1. The van der Waals surface area contributed by atoms with Gasteiger partial charge in [-0.2, -0.15) is 0 Å². The largest absolute Gasteiger partial charge is 0.417 e. The molecular weight excluding hydrogens is 939 g/mol. The number of rotatable bonds is 17. The summed E-state index contributed by atoms with van der Waals surface area (Å²) >= 11 is 0. The van der Waals surface area contributed by atoms with Crippen molar-refractivity contribution in [3.05, 3.63) is 148 Å². The van der Waals surface area contributed by atoms with E-state index in [4.69, 9.17) is 19.6 Å². The summed E-state index contributed by atoms with van der Waals surface area (Å²) in [6.07, 6.45) is 5.05. The zero-order valence-corrected chi connectivity index (χ0v) is 41.2. The standard InChI is InChI=1S/C24H28FN3O3.C16H13FN2O2.C16H17NO2S/c25-9-3-11-28-21-5-2-1-4-20(21)23-18-8-12-27(13-15-31-17-16-30-14-10-26)24(29)19(18)6-7-22(23)28;17-8-3-9-19-11-5-2-1-4-10(11)14-12(19)6-7-13-15(14)18-16(20)21-13;1-3-10-17-15-7-5-4-6-13(15)14-11-12(20(2,18)19)8-9-16(14)17/h1-2,4-8,12H,3,9-11,13-17,26H2;1-2,4-7H,3,8-9H2,(H,18,20);4-9,11H,3,10H2,1-2H3. The van der Waals surface area contributed by atoms with Crippen molar-refractivity contribution in [2.24, 2.45) is 5.73 Å². The predicted molar refractivity (Wildman–Crippen MR) is 286 cm³/mol. The highest BCUT2D eigenvalue weighted by molar-refractivity contribution is 7.90. The maximum absolute atomic E-state index is 13.1. The summed E-state index contributed by atoms with van der Waals surface area (Å²) in [5.74, 6) is -0.460. The van der Waals surface area contributed by atoms with Gasteiger partial charge >= 0.3 is 5.76 Å². The molecule has 11 rings (SSSR count). The number of alkyl halides is 2. The number of oxazole rings is 1. The van der Waals surface area contributed by atoms with E-state index in [1.54, 1.807) is 22.8 Å². The fraction of sp³-hybridized carbons (Fsp3) is 0.286. The number of aromatic amines is 1. The first-order valence-corrected chi connectivity index (χ1v) is 26.2. The number of nitrogens with zero attached hydrogens (tertiary/aromatic N) is 4. The zero-order valence-electron chi connectivity index (χ0n) is 40.4. The Labute approximate surface area is 413 Å². The van der Waals surface area contributed by atoms with Crippen LogP contribution in [0.3, 0.4) is 0 Å². The number of hydrogen-bond acceptors (Lipinski definition) is 8. The molecular formula is C56H58F2N6O7S. The minimum absolute atomic E-state index is 0.0389. The summed E-state index contributed by atoms with van der Waals surface area (Å²) in [6.45, 7) is 6.48. The lowest BCUT2D eigenvalue weighted by Gasteiger charge is -2.10. The summed E-state index contributed by atoms with van der Waals surface area (Å²) < 4.78 is 73.1. The van der Waals surface area contributed by atoms with Crippen LogP contribution in [0.15, 0.2) is 146 Å². The number of benzene rings is 6. The van der Waals surface area contributed by atoms with Crippen LogP contribution < -0.4 is 17.0 Å². The van der Waals surface area contributed by atoms with Gasteiger partial charge in [-0.05, 0) is 91.4 Å². The molecule has 0 amide bonds. The number of aromatic nitrogens is 5. The van der Waals surface area contributed by atoms with Crippen molar-refractivity contribution in [1.82, 2.24) is 23.3 Å². The molecule has 0 saturated carbocycles. The molecule has 5 heterocycles. The average molecular weight is 997 g/mol. The lowest BCUT2D eigenvalue weighted by molar-refractivity contribution is 0.0475. The van der Waals surface area contributed by atoms with Gasteiger partial charge in [-0.25, -0.2) is 13.2 Å². The number of halogens is 2. The van der Waals surface area contributed by atoms with Crippen LogP contribution in [0.25, 0.3) is 87.3 Å². The van der Waals surface area contributed by atoms with Gasteiger partial charge in [-0.15, -0.1) is 0 Å². The average Bonchev–Trinajstić information content (AvgIpc) is 4.13. The Bertz CT molecular complexity index is 3940. The topological polar surface area (TPSA) is 161 Å². The Morgan fingerprint density at radius 3 is 1.78 bits per heavy atom. The molecule has 16 heteroatoms. The van der Waals surface area contributed by atoms with Gasteiger partial charge in [0.25, 0.3) is 5.56 Å². The molecule has 0 aliphatic carbocycles. The number of hydrogen-bond donors (Lipinski definition) is 2. The lowest BCUT2D eigenvalue weighted by Crippen LogP contribution is -2.22. The molecule has 11 aromatic rings. The van der Waals surface area contributed by atoms with Gasteiger partial charge < -0.3 is 37.9 Å². The van der Waals surface area contributed by atoms with Gasteiger partial charge in [-0.3, -0.25) is 18.6 Å². The number of aryl methyl sites for hydroxylation is 3. The second-order valence-corrected chi connectivity index (χ2v) is 19.7. The molecule has 6 aromatic carbocycles. The van der Waals surface area contributed by atoms with Crippen molar-refractivity contribution >= 4 is 97.1 Å². The minimum atomic E-state index is -3.18. The van der Waals surface area contributed by atoms with Crippen molar-refractivity contribution in [2.75, 3.05) is 52.6 Å². The third-order valence-corrected chi connectivity index (χ3v) is 14.1. The third-order valence-electron chi connectivity index (χ3n) is 13.0. The van der Waals surface area contributed by atoms with Crippen LogP contribution >= 0.6 is 0 Å². The van der Waals surface area contributed by atoms with Crippen molar-refractivity contribution in [3.8, 4) is 0 Å². The Morgan fingerprint density at radius 1 is 0.583 bits per heavy atom. The summed E-state index contributed by atoms with van der Waals surface area (Å²) in [5, 5.41) is 7.84. The van der Waals surface area contributed by atoms with Gasteiger partial charge in [0.15, 0.2) is 15.4 Å². The molecule has 0 spiro atoms. The quantitative estimate of drug-likeness (QED) is 0.0852. The maximum Gasteiger partial charge on any atom is 0.417 e. The summed E-state index contributed by atoms with van der Waals surface area (Å²) in [5.41, 5.74) is 12.9. The fourth-order valence-electron chi connectivity index (χ4n) is 9.86. The van der Waals surface area contributed by atoms with E-state index in [1.165, 1.54) is 6.26 Å². The van der Waals surface area contributed by atoms with E-state index in [-0.39, 0.29) is 18.9 Å². The third kappa shape index (κ3) is 9.91. The Kier molecular flexibility index (Phi) is 15.3. The van der Waals surface area contributed by atoms with E-state index >= 15 is 0 Å². The SMILES string of the molecule is CCCn1c2ccccc2c2cc(S(C)(=O)=O)ccc21.NCCOCCOCCn1ccc2c(ccc3c2c2ccccc2n3CCCF)c1=O.O=c1[nH]c2c(ccc3c2c2ccccc2n3CCCF)o1. The second kappa shape index (κ2) is 22.1. The summed E-state index contributed by atoms with van der Waals surface area (Å²) in [4.78, 5) is 27.7. The molecule has 0 saturated heterocycles. The highest BCUT2D eigenvalue weighted by Gasteiger charge is 2.18. The molecule has 13 nitrogen and oxygen atoms in total. The van der Waals surface area contributed by atoms with E-state index in [1.807, 2.05) is 85.1 Å². The molecule has 0 radical (unpaired) electrons. The minimum Gasteiger partial charge on any atom is -0.408 e. The molecule has 0 fully saturated rings. The number of nitrogens with two attached hydrogens (primary N) is 1. The van der Waals surface area contributed by atoms with Crippen molar-refractivity contribution < 1.29 is 31.1 Å². The first-order chi connectivity index (χ1) is 35.1. The van der Waals surface area contributed by atoms with E-state index in [0.29, 0.717) is 86.8 Å². The van der Waals surface area contributed by atoms with E-state index in [9.17, 15) is 26.8 Å². The lowest BCUT2D eigenvalue weighted by atomic mass is 10.1. The van der Waals surface area contributed by atoms with E-state index in [0.717, 1.165) is 83.8 Å². The van der Waals surface area contributed by atoms with Gasteiger partial charge in [0, 0.05) is 110 Å². The molecule has 5 aromatic heterocycles. The number of para-hydroxylation sites is 3. The van der Waals surface area contributed by atoms with Crippen molar-refractivity contribution in [2.45, 2.75) is 57.3 Å². The monoisotopic (exact) mass is 996 g/mol. The van der Waals surface area contributed by atoms with Crippen LogP contribution in [0.4, 0.5) is 8.78 Å².